The summed E-state index contributed by atoms with van der Waals surface area (Å²) in [5.41, 5.74) is 10.0. The molecule has 2 aromatic rings. The van der Waals surface area contributed by atoms with Crippen molar-refractivity contribution in [3.8, 4) is 0 Å². The molecule has 0 spiro atoms. The van der Waals surface area contributed by atoms with Crippen LogP contribution in [0.4, 0.5) is 0 Å². The Labute approximate surface area is 144 Å². The summed E-state index contributed by atoms with van der Waals surface area (Å²) < 4.78 is 0.730. The van der Waals surface area contributed by atoms with Gasteiger partial charge in [-0.1, -0.05) is 18.2 Å². The van der Waals surface area contributed by atoms with Crippen LogP contribution in [-0.2, 0) is 0 Å². The largest absolute Gasteiger partial charge is 0.404 e. The minimum atomic E-state index is -0.681. The lowest BCUT2D eigenvalue weighted by Gasteiger charge is -2.11. The maximum Gasteiger partial charge on any atom is 0.145 e. The first kappa shape index (κ1) is 17.5. The van der Waals surface area contributed by atoms with Crippen LogP contribution in [0.25, 0.3) is 10.9 Å². The van der Waals surface area contributed by atoms with Gasteiger partial charge in [-0.15, -0.1) is 0 Å². The lowest BCUT2D eigenvalue weighted by molar-refractivity contribution is 0.135. The van der Waals surface area contributed by atoms with Crippen molar-refractivity contribution in [3.63, 3.8) is 0 Å². The zero-order chi connectivity index (χ0) is 16.5. The summed E-state index contributed by atoms with van der Waals surface area (Å²) >= 11 is 3.23. The average molecular weight is 380 g/mol. The molecule has 23 heavy (non-hydrogen) atoms. The fourth-order valence-corrected chi connectivity index (χ4v) is 2.24. The van der Waals surface area contributed by atoms with Gasteiger partial charge in [-0.2, -0.15) is 5.10 Å². The van der Waals surface area contributed by atoms with Crippen LogP contribution in [0.5, 0.6) is 0 Å². The van der Waals surface area contributed by atoms with Crippen LogP contribution < -0.4 is 16.5 Å². The first-order chi connectivity index (χ1) is 11.2. The molecule has 0 amide bonds. The van der Waals surface area contributed by atoms with Crippen LogP contribution in [0.1, 0.15) is 24.8 Å². The Morgan fingerprint density at radius 1 is 1.35 bits per heavy atom. The number of allylic oxidation sites excluding steroid dienone is 1. The van der Waals surface area contributed by atoms with Gasteiger partial charge in [0.15, 0.2) is 0 Å². The molecule has 6 N–H and O–H groups in total. The summed E-state index contributed by atoms with van der Waals surface area (Å²) in [5, 5.41) is 18.4. The molecule has 0 aliphatic heterocycles. The summed E-state index contributed by atoms with van der Waals surface area (Å²) in [6, 6.07) is 9.94. The number of benzene rings is 1. The molecule has 2 rings (SSSR count). The first-order valence-electron chi connectivity index (χ1n) is 7.53. The maximum atomic E-state index is 10.1. The zero-order valence-electron chi connectivity index (χ0n) is 12.8. The van der Waals surface area contributed by atoms with Crippen molar-refractivity contribution in [1.82, 2.24) is 15.7 Å². The highest BCUT2D eigenvalue weighted by atomic mass is 79.9. The Balaban J connectivity index is 1.63. The molecule has 7 heteroatoms. The van der Waals surface area contributed by atoms with E-state index in [4.69, 9.17) is 5.73 Å². The summed E-state index contributed by atoms with van der Waals surface area (Å²) in [6.07, 6.45) is 4.25. The molecule has 0 saturated heterocycles. The number of para-hydroxylation sites is 1. The molecule has 0 fully saturated rings. The van der Waals surface area contributed by atoms with E-state index in [1.54, 1.807) is 6.21 Å². The highest BCUT2D eigenvalue weighted by Crippen LogP contribution is 2.18. The molecule has 0 aliphatic carbocycles. The van der Waals surface area contributed by atoms with Gasteiger partial charge in [0.1, 0.15) is 6.23 Å². The topological polar surface area (TPSA) is 98.5 Å². The fourth-order valence-electron chi connectivity index (χ4n) is 2.14. The van der Waals surface area contributed by atoms with Gasteiger partial charge in [0.05, 0.1) is 16.4 Å². The van der Waals surface area contributed by atoms with Gasteiger partial charge in [0, 0.05) is 18.3 Å². The molecule has 124 valence electrons. The van der Waals surface area contributed by atoms with E-state index in [0.717, 1.165) is 47.0 Å². The van der Waals surface area contributed by atoms with Crippen molar-refractivity contribution in [1.29, 1.82) is 0 Å². The Kier molecular flexibility index (Phi) is 7.12. The molecule has 0 saturated carbocycles. The molecule has 6 nitrogen and oxygen atoms in total. The zero-order valence-corrected chi connectivity index (χ0v) is 14.4. The van der Waals surface area contributed by atoms with Crippen molar-refractivity contribution < 1.29 is 5.11 Å². The van der Waals surface area contributed by atoms with Crippen LogP contribution in [0.2, 0.25) is 0 Å². The van der Waals surface area contributed by atoms with Crippen LogP contribution in [-0.4, -0.2) is 29.4 Å². The lowest BCUT2D eigenvalue weighted by Crippen LogP contribution is -2.23. The van der Waals surface area contributed by atoms with Gasteiger partial charge in [-0.3, -0.25) is 5.32 Å². The van der Waals surface area contributed by atoms with Crippen LogP contribution in [0.3, 0.4) is 0 Å². The number of nitrogens with one attached hydrogen (secondary N) is 3. The van der Waals surface area contributed by atoms with E-state index in [0.29, 0.717) is 0 Å². The minimum Gasteiger partial charge on any atom is -0.404 e. The predicted octanol–water partition coefficient (Wildman–Crippen LogP) is 2.30. The van der Waals surface area contributed by atoms with E-state index in [-0.39, 0.29) is 0 Å². The van der Waals surface area contributed by atoms with Crippen LogP contribution >= 0.6 is 15.9 Å². The molecule has 1 unspecified atom stereocenters. The predicted molar refractivity (Wildman–Crippen MR) is 98.2 cm³/mol. The highest BCUT2D eigenvalue weighted by molar-refractivity contribution is 9.12. The molecule has 0 bridgehead atoms. The van der Waals surface area contributed by atoms with E-state index in [9.17, 15) is 5.11 Å². The number of rotatable bonds is 9. The van der Waals surface area contributed by atoms with Gasteiger partial charge < -0.3 is 21.2 Å². The van der Waals surface area contributed by atoms with Crippen molar-refractivity contribution in [2.75, 3.05) is 13.1 Å². The lowest BCUT2D eigenvalue weighted by atomic mass is 10.2. The minimum absolute atomic E-state index is 0.681. The van der Waals surface area contributed by atoms with Gasteiger partial charge in [-0.05, 0) is 52.8 Å². The van der Waals surface area contributed by atoms with E-state index in [1.807, 2.05) is 30.3 Å². The number of aliphatic hydroxyl groups is 1. The average Bonchev–Trinajstić information content (AvgIpc) is 3.01. The van der Waals surface area contributed by atoms with Crippen LogP contribution in [0, 0.1) is 0 Å². The summed E-state index contributed by atoms with van der Waals surface area (Å²) in [6.45, 7) is 1.50. The third kappa shape index (κ3) is 5.70. The molecule has 1 atom stereocenters. The highest BCUT2D eigenvalue weighted by Gasteiger charge is 2.09. The van der Waals surface area contributed by atoms with Gasteiger partial charge >= 0.3 is 0 Å². The number of aromatic amines is 1. The quantitative estimate of drug-likeness (QED) is 0.200. The number of unbranched alkanes of at least 4 members (excludes halogenated alkanes) is 1. The molecule has 1 aromatic heterocycles. The number of aliphatic hydroxyl groups excluding tert-OH is 1. The molecular formula is C16H22BrN5O. The monoisotopic (exact) mass is 379 g/mol. The van der Waals surface area contributed by atoms with Gasteiger partial charge in [-0.25, -0.2) is 0 Å². The normalized spacial score (nSPS) is 13.7. The molecule has 1 aromatic carbocycles. The number of H-pyrrole nitrogens is 1. The summed E-state index contributed by atoms with van der Waals surface area (Å²) in [4.78, 5) is 3.22. The number of aromatic nitrogens is 1. The van der Waals surface area contributed by atoms with E-state index >= 15 is 0 Å². The van der Waals surface area contributed by atoms with E-state index in [2.05, 4.69) is 36.8 Å². The van der Waals surface area contributed by atoms with Crippen molar-refractivity contribution >= 4 is 33.0 Å². The van der Waals surface area contributed by atoms with Crippen molar-refractivity contribution in [3.05, 3.63) is 46.7 Å². The van der Waals surface area contributed by atoms with Crippen molar-refractivity contribution in [2.45, 2.75) is 19.1 Å². The number of hydrogen-bond acceptors (Lipinski definition) is 5. The molecule has 0 radical (unpaired) electrons. The Bertz CT molecular complexity index is 634. The maximum absolute atomic E-state index is 10.1. The number of halogens is 1. The smallest absolute Gasteiger partial charge is 0.145 e. The number of nitrogens with two attached hydrogens (primary N) is 1. The number of nitrogens with zero attached hydrogens (tertiary/aromatic N) is 1. The Hall–Kier alpha value is -1.83. The second-order valence-electron chi connectivity index (χ2n) is 5.09. The van der Waals surface area contributed by atoms with Crippen LogP contribution in [0.15, 0.2) is 46.1 Å². The number of hydrogen-bond donors (Lipinski definition) is 5. The second kappa shape index (κ2) is 9.34. The number of hydrazone groups is 1. The van der Waals surface area contributed by atoms with E-state index < -0.39 is 6.23 Å². The Morgan fingerprint density at radius 3 is 2.91 bits per heavy atom. The SMILES string of the molecule is N/C=C(Br)\C=N/NCCCCNC(O)c1cc2ccccc2[nH]1. The van der Waals surface area contributed by atoms with Gasteiger partial charge in [0.25, 0.3) is 0 Å². The first-order valence-corrected chi connectivity index (χ1v) is 8.32. The van der Waals surface area contributed by atoms with Crippen molar-refractivity contribution in [2.24, 2.45) is 10.8 Å². The molecule has 1 heterocycles. The third-order valence-corrected chi connectivity index (χ3v) is 3.81. The van der Waals surface area contributed by atoms with E-state index in [1.165, 1.54) is 6.20 Å². The summed E-state index contributed by atoms with van der Waals surface area (Å²) in [5.74, 6) is 0. The molecule has 0 aliphatic rings. The molecular weight excluding hydrogens is 358 g/mol. The fraction of sp³-hybridized carbons (Fsp3) is 0.312. The third-order valence-electron chi connectivity index (χ3n) is 3.34. The second-order valence-corrected chi connectivity index (χ2v) is 6.01. The summed E-state index contributed by atoms with van der Waals surface area (Å²) in [7, 11) is 0. The number of fused-ring (bicyclic) bond motifs is 1. The Morgan fingerprint density at radius 2 is 2.13 bits per heavy atom. The van der Waals surface area contributed by atoms with Gasteiger partial charge in [0.2, 0.25) is 0 Å². The standard InChI is InChI=1S/C16H22BrN5O/c17-13(10-18)11-21-20-8-4-3-7-19-16(23)15-9-12-5-1-2-6-14(12)22-15/h1-2,5-6,9-11,16,19-20,22-23H,3-4,7-8,18H2/b13-10+,21-11-.